The van der Waals surface area contributed by atoms with Crippen LogP contribution in [-0.4, -0.2) is 41.6 Å². The lowest BCUT2D eigenvalue weighted by molar-refractivity contribution is -0.139. The number of rotatable bonds is 5. The first-order valence-corrected chi connectivity index (χ1v) is 10.0. The van der Waals surface area contributed by atoms with Crippen LogP contribution in [0.4, 0.5) is 0 Å². The summed E-state index contributed by atoms with van der Waals surface area (Å²) in [6, 6.07) is 12.6. The van der Waals surface area contributed by atoms with Crippen LogP contribution in [0, 0.1) is 0 Å². The number of benzene rings is 2. The predicted molar refractivity (Wildman–Crippen MR) is 107 cm³/mol. The summed E-state index contributed by atoms with van der Waals surface area (Å²) < 4.78 is 11.5. The standard InChI is InChI=1S/C23H25NO5/c1-28-21-12-15(10-11-20(21)29-17-7-3-4-8-17)22(25)24-13-16-6-2-5-9-18(16)19(14-24)23(26)27/h2,5-6,9-12,17,19H,3-4,7-8,13-14H2,1H3,(H,26,27). The van der Waals surface area contributed by atoms with Gasteiger partial charge in [-0.2, -0.15) is 0 Å². The van der Waals surface area contributed by atoms with E-state index in [1.807, 2.05) is 24.3 Å². The Morgan fingerprint density at radius 1 is 1.07 bits per heavy atom. The molecule has 1 amide bonds. The molecular weight excluding hydrogens is 370 g/mol. The van der Waals surface area contributed by atoms with Crippen LogP contribution in [0.1, 0.15) is 53.1 Å². The molecule has 1 aliphatic heterocycles. The van der Waals surface area contributed by atoms with Crippen molar-refractivity contribution in [2.24, 2.45) is 0 Å². The van der Waals surface area contributed by atoms with Crippen molar-refractivity contribution < 1.29 is 24.2 Å². The number of methoxy groups -OCH3 is 1. The lowest BCUT2D eigenvalue weighted by Crippen LogP contribution is -2.40. The van der Waals surface area contributed by atoms with Crippen LogP contribution in [-0.2, 0) is 11.3 Å². The number of hydrogen-bond acceptors (Lipinski definition) is 4. The molecule has 2 aromatic carbocycles. The van der Waals surface area contributed by atoms with E-state index in [0.717, 1.165) is 24.0 Å². The molecule has 1 atom stereocenters. The van der Waals surface area contributed by atoms with Crippen molar-refractivity contribution in [1.29, 1.82) is 0 Å². The molecule has 1 fully saturated rings. The lowest BCUT2D eigenvalue weighted by Gasteiger charge is -2.33. The number of hydrogen-bond donors (Lipinski definition) is 1. The Labute approximate surface area is 170 Å². The van der Waals surface area contributed by atoms with Crippen LogP contribution in [0.5, 0.6) is 11.5 Å². The molecule has 29 heavy (non-hydrogen) atoms. The van der Waals surface area contributed by atoms with E-state index in [9.17, 15) is 14.7 Å². The minimum absolute atomic E-state index is 0.147. The van der Waals surface area contributed by atoms with Crippen molar-refractivity contribution in [2.45, 2.75) is 44.2 Å². The molecule has 4 rings (SSSR count). The van der Waals surface area contributed by atoms with Gasteiger partial charge in [-0.3, -0.25) is 9.59 Å². The second-order valence-corrected chi connectivity index (χ2v) is 7.67. The van der Waals surface area contributed by atoms with Gasteiger partial charge in [-0.1, -0.05) is 24.3 Å². The van der Waals surface area contributed by atoms with Gasteiger partial charge in [0.05, 0.1) is 19.1 Å². The number of carbonyl (C=O) groups is 2. The van der Waals surface area contributed by atoms with E-state index in [0.29, 0.717) is 23.6 Å². The fourth-order valence-electron chi connectivity index (χ4n) is 4.24. The summed E-state index contributed by atoms with van der Waals surface area (Å²) in [4.78, 5) is 26.5. The predicted octanol–water partition coefficient (Wildman–Crippen LogP) is 3.84. The molecule has 0 aromatic heterocycles. The number of carbonyl (C=O) groups excluding carboxylic acids is 1. The fourth-order valence-corrected chi connectivity index (χ4v) is 4.24. The van der Waals surface area contributed by atoms with Crippen molar-refractivity contribution in [2.75, 3.05) is 13.7 Å². The van der Waals surface area contributed by atoms with E-state index >= 15 is 0 Å². The number of aliphatic carboxylic acids is 1. The molecule has 0 radical (unpaired) electrons. The third-order valence-electron chi connectivity index (χ3n) is 5.79. The Kier molecular flexibility index (Phi) is 5.43. The van der Waals surface area contributed by atoms with Crippen molar-refractivity contribution in [3.8, 4) is 11.5 Å². The molecule has 6 heteroatoms. The number of fused-ring (bicyclic) bond motifs is 1. The van der Waals surface area contributed by atoms with E-state index in [-0.39, 0.29) is 18.6 Å². The lowest BCUT2D eigenvalue weighted by atomic mass is 9.89. The van der Waals surface area contributed by atoms with Crippen molar-refractivity contribution in [1.82, 2.24) is 4.90 Å². The Hall–Kier alpha value is -3.02. The van der Waals surface area contributed by atoms with Crippen molar-refractivity contribution >= 4 is 11.9 Å². The van der Waals surface area contributed by atoms with Crippen LogP contribution in [0.3, 0.4) is 0 Å². The Morgan fingerprint density at radius 3 is 2.55 bits per heavy atom. The SMILES string of the molecule is COc1cc(C(=O)N2Cc3ccccc3C(C(=O)O)C2)ccc1OC1CCCC1. The minimum atomic E-state index is -0.923. The Balaban J connectivity index is 1.57. The zero-order valence-electron chi connectivity index (χ0n) is 16.5. The summed E-state index contributed by atoms with van der Waals surface area (Å²) in [5, 5.41) is 9.63. The third kappa shape index (κ3) is 3.92. The maximum atomic E-state index is 13.1. The molecule has 1 saturated carbocycles. The van der Waals surface area contributed by atoms with Crippen LogP contribution in [0.15, 0.2) is 42.5 Å². The second kappa shape index (κ2) is 8.15. The molecular formula is C23H25NO5. The number of carboxylic acid groups (broad SMARTS) is 1. The van der Waals surface area contributed by atoms with Gasteiger partial charge in [0.1, 0.15) is 0 Å². The number of carboxylic acids is 1. The van der Waals surface area contributed by atoms with Crippen LogP contribution < -0.4 is 9.47 Å². The van der Waals surface area contributed by atoms with Gasteiger partial charge in [0, 0.05) is 18.7 Å². The Bertz CT molecular complexity index is 919. The topological polar surface area (TPSA) is 76.1 Å². The molecule has 0 bridgehead atoms. The molecule has 2 aromatic rings. The highest BCUT2D eigenvalue weighted by atomic mass is 16.5. The fraction of sp³-hybridized carbons (Fsp3) is 0.391. The van der Waals surface area contributed by atoms with Gasteiger partial charge in [-0.15, -0.1) is 0 Å². The van der Waals surface area contributed by atoms with Crippen LogP contribution in [0.25, 0.3) is 0 Å². The van der Waals surface area contributed by atoms with E-state index in [4.69, 9.17) is 9.47 Å². The van der Waals surface area contributed by atoms with E-state index in [1.165, 1.54) is 12.8 Å². The quantitative estimate of drug-likeness (QED) is 0.832. The van der Waals surface area contributed by atoms with E-state index < -0.39 is 11.9 Å². The minimum Gasteiger partial charge on any atom is -0.493 e. The summed E-state index contributed by atoms with van der Waals surface area (Å²) in [7, 11) is 1.56. The zero-order valence-corrected chi connectivity index (χ0v) is 16.5. The van der Waals surface area contributed by atoms with Crippen molar-refractivity contribution in [3.63, 3.8) is 0 Å². The normalized spacial score (nSPS) is 18.9. The maximum Gasteiger partial charge on any atom is 0.312 e. The summed E-state index contributed by atoms with van der Waals surface area (Å²) in [5.41, 5.74) is 2.11. The van der Waals surface area contributed by atoms with E-state index in [1.54, 1.807) is 30.2 Å². The molecule has 1 heterocycles. The maximum absolute atomic E-state index is 13.1. The first kappa shape index (κ1) is 19.3. The zero-order chi connectivity index (χ0) is 20.4. The third-order valence-corrected chi connectivity index (χ3v) is 5.79. The van der Waals surface area contributed by atoms with Gasteiger partial charge in [0.2, 0.25) is 0 Å². The van der Waals surface area contributed by atoms with Gasteiger partial charge in [-0.25, -0.2) is 0 Å². The van der Waals surface area contributed by atoms with Gasteiger partial charge in [0.15, 0.2) is 11.5 Å². The van der Waals surface area contributed by atoms with Crippen molar-refractivity contribution in [3.05, 3.63) is 59.2 Å². The van der Waals surface area contributed by atoms with Gasteiger partial charge in [0.25, 0.3) is 5.91 Å². The Morgan fingerprint density at radius 2 is 1.83 bits per heavy atom. The second-order valence-electron chi connectivity index (χ2n) is 7.67. The molecule has 0 spiro atoms. The summed E-state index contributed by atoms with van der Waals surface area (Å²) in [5.74, 6) is -0.696. The molecule has 2 aliphatic rings. The largest absolute Gasteiger partial charge is 0.493 e. The summed E-state index contributed by atoms with van der Waals surface area (Å²) in [6.07, 6.45) is 4.61. The van der Waals surface area contributed by atoms with E-state index in [2.05, 4.69) is 0 Å². The number of nitrogens with zero attached hydrogens (tertiary/aromatic N) is 1. The first-order chi connectivity index (χ1) is 14.1. The highest BCUT2D eigenvalue weighted by Gasteiger charge is 2.33. The summed E-state index contributed by atoms with van der Waals surface area (Å²) >= 11 is 0. The smallest absolute Gasteiger partial charge is 0.312 e. The first-order valence-electron chi connectivity index (χ1n) is 10.0. The monoisotopic (exact) mass is 395 g/mol. The molecule has 6 nitrogen and oxygen atoms in total. The average molecular weight is 395 g/mol. The van der Waals surface area contributed by atoms with Crippen LogP contribution >= 0.6 is 0 Å². The van der Waals surface area contributed by atoms with Gasteiger partial charge in [-0.05, 0) is 55.0 Å². The van der Waals surface area contributed by atoms with Gasteiger partial charge >= 0.3 is 5.97 Å². The average Bonchev–Trinajstić information content (AvgIpc) is 3.25. The summed E-state index contributed by atoms with van der Waals surface area (Å²) in [6.45, 7) is 0.537. The van der Waals surface area contributed by atoms with Gasteiger partial charge < -0.3 is 19.5 Å². The highest BCUT2D eigenvalue weighted by Crippen LogP contribution is 2.34. The molecule has 1 unspecified atom stereocenters. The molecule has 152 valence electrons. The number of amides is 1. The molecule has 0 saturated heterocycles. The number of ether oxygens (including phenoxy) is 2. The molecule has 1 N–H and O–H groups in total. The molecule has 1 aliphatic carbocycles. The van der Waals surface area contributed by atoms with Crippen LogP contribution in [0.2, 0.25) is 0 Å². The highest BCUT2D eigenvalue weighted by molar-refractivity contribution is 5.95.